The summed E-state index contributed by atoms with van der Waals surface area (Å²) in [7, 11) is 0. The van der Waals surface area contributed by atoms with E-state index in [0.29, 0.717) is 5.56 Å². The van der Waals surface area contributed by atoms with Crippen LogP contribution in [0.3, 0.4) is 0 Å². The van der Waals surface area contributed by atoms with E-state index >= 15 is 0 Å². The molecule has 0 radical (unpaired) electrons. The maximum atomic E-state index is 12.2. The lowest BCUT2D eigenvalue weighted by Crippen LogP contribution is -2.14. The van der Waals surface area contributed by atoms with Gasteiger partial charge < -0.3 is 5.73 Å². The average Bonchev–Trinajstić information content (AvgIpc) is 2.80. The molecule has 0 bridgehead atoms. The molecule has 20 heavy (non-hydrogen) atoms. The molecule has 0 aliphatic heterocycles. The Kier molecular flexibility index (Phi) is 4.05. The highest BCUT2D eigenvalue weighted by atomic mass is 35.5. The van der Waals surface area contributed by atoms with E-state index in [-0.39, 0.29) is 21.6 Å². The van der Waals surface area contributed by atoms with Crippen LogP contribution in [0.4, 0.5) is 18.9 Å². The number of rotatable bonds is 3. The Bertz CT molecular complexity index is 603. The highest BCUT2D eigenvalue weighted by Gasteiger charge is 2.27. The van der Waals surface area contributed by atoms with Gasteiger partial charge in [-0.2, -0.15) is 13.2 Å². The van der Waals surface area contributed by atoms with Crippen LogP contribution in [-0.4, -0.2) is 26.4 Å². The largest absolute Gasteiger partial charge is 0.397 e. The number of tetrazole rings is 1. The Hall–Kier alpha value is -1.54. The smallest absolute Gasteiger partial charge is 0.390 e. The van der Waals surface area contributed by atoms with Crippen LogP contribution in [0, 0.1) is 0 Å². The van der Waals surface area contributed by atoms with Crippen molar-refractivity contribution in [2.24, 2.45) is 0 Å². The van der Waals surface area contributed by atoms with Crippen LogP contribution in [0.15, 0.2) is 12.1 Å². The molecule has 0 aliphatic carbocycles. The number of hydrogen-bond donors (Lipinski definition) is 1. The highest BCUT2D eigenvalue weighted by molar-refractivity contribution is 6.43. The third-order valence-electron chi connectivity index (χ3n) is 2.45. The van der Waals surface area contributed by atoms with E-state index in [1.807, 2.05) is 0 Å². The summed E-state index contributed by atoms with van der Waals surface area (Å²) >= 11 is 11.7. The number of nitrogen functional groups attached to an aromatic ring is 1. The lowest BCUT2D eigenvalue weighted by molar-refractivity contribution is -0.137. The molecule has 2 rings (SSSR count). The molecule has 5 nitrogen and oxygen atoms in total. The Morgan fingerprint density at radius 3 is 2.55 bits per heavy atom. The van der Waals surface area contributed by atoms with Gasteiger partial charge in [0.1, 0.15) is 0 Å². The lowest BCUT2D eigenvalue weighted by Gasteiger charge is -2.09. The molecule has 0 spiro atoms. The minimum atomic E-state index is -4.29. The summed E-state index contributed by atoms with van der Waals surface area (Å²) in [5.74, 6) is 0.138. The molecule has 1 heterocycles. The summed E-state index contributed by atoms with van der Waals surface area (Å²) in [6.07, 6.45) is -5.33. The van der Waals surface area contributed by atoms with Gasteiger partial charge in [-0.15, -0.1) is 5.10 Å². The number of anilines is 1. The van der Waals surface area contributed by atoms with Crippen LogP contribution in [-0.2, 0) is 6.54 Å². The monoisotopic (exact) mass is 325 g/mol. The van der Waals surface area contributed by atoms with Crippen LogP contribution in [0.25, 0.3) is 11.4 Å². The maximum absolute atomic E-state index is 12.2. The maximum Gasteiger partial charge on any atom is 0.390 e. The molecule has 1 aromatic heterocycles. The number of nitrogens with zero attached hydrogens (tertiary/aromatic N) is 4. The van der Waals surface area contributed by atoms with Crippen molar-refractivity contribution in [1.29, 1.82) is 0 Å². The zero-order chi connectivity index (χ0) is 14.9. The van der Waals surface area contributed by atoms with Crippen LogP contribution in [0.2, 0.25) is 10.0 Å². The summed E-state index contributed by atoms with van der Waals surface area (Å²) < 4.78 is 37.7. The Morgan fingerprint density at radius 1 is 1.25 bits per heavy atom. The van der Waals surface area contributed by atoms with Crippen LogP contribution < -0.4 is 5.73 Å². The van der Waals surface area contributed by atoms with Gasteiger partial charge in [0, 0.05) is 5.56 Å². The topological polar surface area (TPSA) is 69.6 Å². The van der Waals surface area contributed by atoms with Crippen molar-refractivity contribution in [1.82, 2.24) is 20.2 Å². The van der Waals surface area contributed by atoms with Gasteiger partial charge in [-0.25, -0.2) is 4.68 Å². The molecule has 0 fully saturated rings. The summed E-state index contributed by atoms with van der Waals surface area (Å²) in [5.41, 5.74) is 6.23. The number of aryl methyl sites for hydroxylation is 1. The average molecular weight is 326 g/mol. The van der Waals surface area contributed by atoms with E-state index < -0.39 is 19.1 Å². The fraction of sp³-hybridized carbons (Fsp3) is 0.300. The second-order valence-corrected chi connectivity index (χ2v) is 4.74. The first-order valence-electron chi connectivity index (χ1n) is 5.36. The number of nitrogens with two attached hydrogens (primary N) is 1. The van der Waals surface area contributed by atoms with Gasteiger partial charge in [-0.3, -0.25) is 0 Å². The summed E-state index contributed by atoms with van der Waals surface area (Å²) in [4.78, 5) is 0. The Labute approximate surface area is 121 Å². The summed E-state index contributed by atoms with van der Waals surface area (Å²) in [5, 5.41) is 10.9. The third kappa shape index (κ3) is 3.31. The summed E-state index contributed by atoms with van der Waals surface area (Å²) in [6.45, 7) is -0.397. The SMILES string of the molecule is Nc1cc(-c2nnnn2CCC(F)(F)F)cc(Cl)c1Cl. The van der Waals surface area contributed by atoms with Crippen molar-refractivity contribution in [2.75, 3.05) is 5.73 Å². The van der Waals surface area contributed by atoms with E-state index in [4.69, 9.17) is 28.9 Å². The number of aromatic nitrogens is 4. The first-order valence-corrected chi connectivity index (χ1v) is 6.11. The van der Waals surface area contributed by atoms with Gasteiger partial charge in [0.15, 0.2) is 5.82 Å². The number of halogens is 5. The number of benzene rings is 1. The lowest BCUT2D eigenvalue weighted by atomic mass is 10.2. The molecule has 2 N–H and O–H groups in total. The quantitative estimate of drug-likeness (QED) is 0.880. The van der Waals surface area contributed by atoms with Gasteiger partial charge in [0.2, 0.25) is 0 Å². The molecule has 10 heteroatoms. The van der Waals surface area contributed by atoms with E-state index in [9.17, 15) is 13.2 Å². The molecule has 1 aromatic carbocycles. The van der Waals surface area contributed by atoms with Crippen LogP contribution >= 0.6 is 23.2 Å². The standard InChI is InChI=1S/C10H8Cl2F3N5/c11-6-3-5(4-7(16)8(6)12)9-17-18-19-20(9)2-1-10(13,14)15/h3-4H,1-2,16H2. The molecular weight excluding hydrogens is 318 g/mol. The fourth-order valence-electron chi connectivity index (χ4n) is 1.53. The first-order chi connectivity index (χ1) is 9.28. The van der Waals surface area contributed by atoms with Crippen LogP contribution in [0.1, 0.15) is 6.42 Å². The number of hydrogen-bond acceptors (Lipinski definition) is 4. The van der Waals surface area contributed by atoms with Crippen LogP contribution in [0.5, 0.6) is 0 Å². The molecule has 0 amide bonds. The molecule has 0 saturated carbocycles. The molecule has 108 valence electrons. The van der Waals surface area contributed by atoms with Crippen molar-refractivity contribution >= 4 is 28.9 Å². The second-order valence-electron chi connectivity index (χ2n) is 3.95. The zero-order valence-electron chi connectivity index (χ0n) is 9.82. The molecule has 2 aromatic rings. The predicted molar refractivity (Wildman–Crippen MR) is 68.4 cm³/mol. The molecule has 0 unspecified atom stereocenters. The molecule has 0 atom stereocenters. The Morgan fingerprint density at radius 2 is 1.95 bits per heavy atom. The van der Waals surface area contributed by atoms with Gasteiger partial charge >= 0.3 is 6.18 Å². The first kappa shape index (κ1) is 14.9. The van der Waals surface area contributed by atoms with Crippen molar-refractivity contribution < 1.29 is 13.2 Å². The second kappa shape index (κ2) is 5.45. The van der Waals surface area contributed by atoms with E-state index in [1.54, 1.807) is 0 Å². The van der Waals surface area contributed by atoms with Gasteiger partial charge in [0.05, 0.1) is 28.7 Å². The molecule has 0 saturated heterocycles. The van der Waals surface area contributed by atoms with Crippen molar-refractivity contribution in [2.45, 2.75) is 19.1 Å². The zero-order valence-corrected chi connectivity index (χ0v) is 11.3. The summed E-state index contributed by atoms with van der Waals surface area (Å²) in [6, 6.07) is 2.89. The van der Waals surface area contributed by atoms with E-state index in [2.05, 4.69) is 15.5 Å². The minimum Gasteiger partial charge on any atom is -0.397 e. The van der Waals surface area contributed by atoms with Crippen molar-refractivity contribution in [3.8, 4) is 11.4 Å². The normalized spacial score (nSPS) is 11.8. The van der Waals surface area contributed by atoms with Gasteiger partial charge in [-0.05, 0) is 22.6 Å². The number of alkyl halides is 3. The van der Waals surface area contributed by atoms with Crippen molar-refractivity contribution in [3.63, 3.8) is 0 Å². The highest BCUT2D eigenvalue weighted by Crippen LogP contribution is 2.33. The Balaban J connectivity index is 2.33. The predicted octanol–water partition coefficient (Wildman–Crippen LogP) is 3.18. The molecule has 0 aliphatic rings. The fourth-order valence-corrected chi connectivity index (χ4v) is 1.87. The van der Waals surface area contributed by atoms with E-state index in [0.717, 1.165) is 4.68 Å². The van der Waals surface area contributed by atoms with E-state index in [1.165, 1.54) is 12.1 Å². The molecular formula is C10H8Cl2F3N5. The van der Waals surface area contributed by atoms with Crippen molar-refractivity contribution in [3.05, 3.63) is 22.2 Å². The van der Waals surface area contributed by atoms with Gasteiger partial charge in [-0.1, -0.05) is 23.2 Å². The third-order valence-corrected chi connectivity index (χ3v) is 3.27. The van der Waals surface area contributed by atoms with Gasteiger partial charge in [0.25, 0.3) is 0 Å². The minimum absolute atomic E-state index is 0.138.